The zero-order valence-electron chi connectivity index (χ0n) is 8.47. The normalized spacial score (nSPS) is 12.2. The standard InChI is InChI=1S/C11H9Br2FO2/c1-2-9(15)10(14)11(16)7-5-6(12)3-4-8(7)13/h3-5,10H,2H2,1H3. The number of Topliss-reactive ketones (excluding diaryl/α,β-unsaturated/α-hetero) is 2. The molecule has 0 fully saturated rings. The Hall–Kier alpha value is -0.550. The van der Waals surface area contributed by atoms with E-state index in [2.05, 4.69) is 31.9 Å². The molecule has 0 spiro atoms. The third-order valence-electron chi connectivity index (χ3n) is 2.06. The highest BCUT2D eigenvalue weighted by Gasteiger charge is 2.27. The topological polar surface area (TPSA) is 34.1 Å². The molecule has 0 aliphatic carbocycles. The van der Waals surface area contributed by atoms with Crippen LogP contribution in [0.5, 0.6) is 0 Å². The first kappa shape index (κ1) is 13.5. The van der Waals surface area contributed by atoms with Gasteiger partial charge in [-0.25, -0.2) is 4.39 Å². The lowest BCUT2D eigenvalue weighted by Crippen LogP contribution is -2.25. The average molecular weight is 352 g/mol. The number of ketones is 2. The summed E-state index contributed by atoms with van der Waals surface area (Å²) in [5.74, 6) is -1.50. The summed E-state index contributed by atoms with van der Waals surface area (Å²) in [4.78, 5) is 22.8. The summed E-state index contributed by atoms with van der Waals surface area (Å²) in [6, 6.07) is 4.83. The molecule has 0 saturated heterocycles. The maximum absolute atomic E-state index is 13.5. The van der Waals surface area contributed by atoms with Gasteiger partial charge in [-0.2, -0.15) is 0 Å². The van der Waals surface area contributed by atoms with E-state index in [-0.39, 0.29) is 12.0 Å². The van der Waals surface area contributed by atoms with Crippen molar-refractivity contribution in [1.82, 2.24) is 0 Å². The first-order chi connectivity index (χ1) is 7.47. The van der Waals surface area contributed by atoms with E-state index in [0.29, 0.717) is 8.95 Å². The van der Waals surface area contributed by atoms with Crippen LogP contribution in [0, 0.1) is 0 Å². The van der Waals surface area contributed by atoms with E-state index in [1.165, 1.54) is 13.0 Å². The van der Waals surface area contributed by atoms with Crippen molar-refractivity contribution in [2.24, 2.45) is 0 Å². The molecule has 0 saturated carbocycles. The minimum atomic E-state index is -2.07. The number of benzene rings is 1. The molecule has 0 aromatic heterocycles. The smallest absolute Gasteiger partial charge is 0.220 e. The van der Waals surface area contributed by atoms with Crippen LogP contribution in [0.3, 0.4) is 0 Å². The van der Waals surface area contributed by atoms with Crippen molar-refractivity contribution in [3.63, 3.8) is 0 Å². The number of carbonyl (C=O) groups is 2. The Bertz CT molecular complexity index is 432. The molecule has 86 valence electrons. The molecule has 16 heavy (non-hydrogen) atoms. The molecule has 1 aromatic carbocycles. The second-order valence-corrected chi connectivity index (χ2v) is 4.94. The van der Waals surface area contributed by atoms with E-state index >= 15 is 0 Å². The van der Waals surface area contributed by atoms with Crippen molar-refractivity contribution in [2.45, 2.75) is 19.5 Å². The van der Waals surface area contributed by atoms with Crippen molar-refractivity contribution < 1.29 is 14.0 Å². The molecule has 1 atom stereocenters. The Morgan fingerprint density at radius 1 is 1.38 bits per heavy atom. The van der Waals surface area contributed by atoms with Crippen LogP contribution in [0.15, 0.2) is 27.1 Å². The molecular formula is C11H9Br2FO2. The molecule has 1 aromatic rings. The predicted octanol–water partition coefficient (Wildman–Crippen LogP) is 3.71. The van der Waals surface area contributed by atoms with Gasteiger partial charge in [0.15, 0.2) is 5.78 Å². The van der Waals surface area contributed by atoms with Gasteiger partial charge in [-0.1, -0.05) is 38.8 Å². The monoisotopic (exact) mass is 350 g/mol. The van der Waals surface area contributed by atoms with Gasteiger partial charge in [0, 0.05) is 20.9 Å². The third kappa shape index (κ3) is 2.98. The van der Waals surface area contributed by atoms with Crippen LogP contribution in [0.4, 0.5) is 4.39 Å². The van der Waals surface area contributed by atoms with Crippen molar-refractivity contribution in [2.75, 3.05) is 0 Å². The molecule has 2 nitrogen and oxygen atoms in total. The van der Waals surface area contributed by atoms with Gasteiger partial charge >= 0.3 is 0 Å². The second kappa shape index (κ2) is 5.68. The second-order valence-electron chi connectivity index (χ2n) is 3.17. The Balaban J connectivity index is 3.05. The summed E-state index contributed by atoms with van der Waals surface area (Å²) >= 11 is 6.34. The van der Waals surface area contributed by atoms with Crippen molar-refractivity contribution >= 4 is 43.4 Å². The molecule has 1 unspecified atom stereocenters. The fourth-order valence-corrected chi connectivity index (χ4v) is 1.95. The SMILES string of the molecule is CCC(=O)C(F)C(=O)c1cc(Br)ccc1Br. The van der Waals surface area contributed by atoms with E-state index in [9.17, 15) is 14.0 Å². The maximum atomic E-state index is 13.5. The lowest BCUT2D eigenvalue weighted by atomic mass is 10.0. The van der Waals surface area contributed by atoms with Gasteiger partial charge in [0.05, 0.1) is 0 Å². The molecule has 0 heterocycles. The summed E-state index contributed by atoms with van der Waals surface area (Å²) in [7, 11) is 0. The summed E-state index contributed by atoms with van der Waals surface area (Å²) in [6.07, 6.45) is -2.06. The number of hydrogen-bond acceptors (Lipinski definition) is 2. The number of carbonyl (C=O) groups excluding carboxylic acids is 2. The summed E-state index contributed by atoms with van der Waals surface area (Å²) in [5, 5.41) is 0. The van der Waals surface area contributed by atoms with E-state index in [1.807, 2.05) is 0 Å². The summed E-state index contributed by atoms with van der Waals surface area (Å²) in [5.41, 5.74) is 0.170. The maximum Gasteiger partial charge on any atom is 0.220 e. The number of halogens is 3. The lowest BCUT2D eigenvalue weighted by molar-refractivity contribution is -0.121. The first-order valence-corrected chi connectivity index (χ1v) is 6.22. The van der Waals surface area contributed by atoms with Crippen LogP contribution < -0.4 is 0 Å². The Morgan fingerprint density at radius 2 is 2.00 bits per heavy atom. The van der Waals surface area contributed by atoms with Gasteiger partial charge in [-0.05, 0) is 18.2 Å². The third-order valence-corrected chi connectivity index (χ3v) is 3.24. The van der Waals surface area contributed by atoms with Gasteiger partial charge in [-0.15, -0.1) is 0 Å². The number of rotatable bonds is 4. The highest BCUT2D eigenvalue weighted by atomic mass is 79.9. The number of alkyl halides is 1. The van der Waals surface area contributed by atoms with Gasteiger partial charge in [0.25, 0.3) is 0 Å². The largest absolute Gasteiger partial charge is 0.296 e. The Morgan fingerprint density at radius 3 is 2.56 bits per heavy atom. The Labute approximate surface area is 109 Å². The van der Waals surface area contributed by atoms with Crippen LogP contribution in [0.25, 0.3) is 0 Å². The fourth-order valence-electron chi connectivity index (χ4n) is 1.15. The molecule has 0 aliphatic rings. The average Bonchev–Trinajstić information content (AvgIpc) is 2.29. The van der Waals surface area contributed by atoms with Gasteiger partial charge in [0.1, 0.15) is 0 Å². The molecule has 0 amide bonds. The van der Waals surface area contributed by atoms with Crippen LogP contribution in [0.2, 0.25) is 0 Å². The van der Waals surface area contributed by atoms with E-state index in [4.69, 9.17) is 0 Å². The molecule has 5 heteroatoms. The lowest BCUT2D eigenvalue weighted by Gasteiger charge is -2.07. The highest BCUT2D eigenvalue weighted by molar-refractivity contribution is 9.11. The Kier molecular flexibility index (Phi) is 4.80. The number of hydrogen-bond donors (Lipinski definition) is 0. The van der Waals surface area contributed by atoms with E-state index in [1.54, 1.807) is 12.1 Å². The molecule has 1 rings (SSSR count). The quantitative estimate of drug-likeness (QED) is 0.612. The van der Waals surface area contributed by atoms with Crippen LogP contribution >= 0.6 is 31.9 Å². The summed E-state index contributed by atoms with van der Waals surface area (Å²) < 4.78 is 14.6. The van der Waals surface area contributed by atoms with Crippen LogP contribution in [0.1, 0.15) is 23.7 Å². The van der Waals surface area contributed by atoms with E-state index < -0.39 is 17.7 Å². The molecule has 0 bridgehead atoms. The van der Waals surface area contributed by atoms with Crippen LogP contribution in [-0.4, -0.2) is 17.7 Å². The van der Waals surface area contributed by atoms with Crippen LogP contribution in [-0.2, 0) is 4.79 Å². The molecule has 0 radical (unpaired) electrons. The zero-order chi connectivity index (χ0) is 12.3. The minimum absolute atomic E-state index is 0.0124. The first-order valence-electron chi connectivity index (χ1n) is 4.63. The van der Waals surface area contributed by atoms with Crippen molar-refractivity contribution in [3.05, 3.63) is 32.7 Å². The zero-order valence-corrected chi connectivity index (χ0v) is 11.6. The predicted molar refractivity (Wildman–Crippen MR) is 66.4 cm³/mol. The van der Waals surface area contributed by atoms with E-state index in [0.717, 1.165) is 0 Å². The van der Waals surface area contributed by atoms with Crippen molar-refractivity contribution in [1.29, 1.82) is 0 Å². The minimum Gasteiger partial charge on any atom is -0.296 e. The molecular weight excluding hydrogens is 343 g/mol. The fraction of sp³-hybridized carbons (Fsp3) is 0.273. The van der Waals surface area contributed by atoms with Gasteiger partial charge in [-0.3, -0.25) is 9.59 Å². The highest BCUT2D eigenvalue weighted by Crippen LogP contribution is 2.23. The van der Waals surface area contributed by atoms with Gasteiger partial charge < -0.3 is 0 Å². The van der Waals surface area contributed by atoms with Gasteiger partial charge in [0.2, 0.25) is 12.0 Å². The van der Waals surface area contributed by atoms with Crippen molar-refractivity contribution in [3.8, 4) is 0 Å². The summed E-state index contributed by atoms with van der Waals surface area (Å²) in [6.45, 7) is 1.53. The molecule has 0 aliphatic heterocycles. The molecule has 0 N–H and O–H groups in total.